The number of amides is 1. The number of piperidine rings is 1. The van der Waals surface area contributed by atoms with E-state index in [1.807, 2.05) is 0 Å². The molecule has 0 radical (unpaired) electrons. The third kappa shape index (κ3) is 4.27. The van der Waals surface area contributed by atoms with Gasteiger partial charge in [-0.1, -0.05) is 6.92 Å². The molecule has 0 aliphatic carbocycles. The van der Waals surface area contributed by atoms with Gasteiger partial charge in [0.15, 0.2) is 0 Å². The minimum Gasteiger partial charge on any atom is -0.355 e. The van der Waals surface area contributed by atoms with Gasteiger partial charge >= 0.3 is 0 Å². The van der Waals surface area contributed by atoms with Crippen molar-refractivity contribution < 1.29 is 4.79 Å². The Kier molecular flexibility index (Phi) is 4.22. The van der Waals surface area contributed by atoms with Crippen LogP contribution >= 0.6 is 0 Å². The van der Waals surface area contributed by atoms with Crippen LogP contribution in [0.3, 0.4) is 0 Å². The fraction of sp³-hybridized carbons (Fsp3) is 0.900. The Balaban J connectivity index is 2.05. The molecule has 1 fully saturated rings. The molecule has 3 nitrogen and oxygen atoms in total. The first-order valence-electron chi connectivity index (χ1n) is 5.15. The van der Waals surface area contributed by atoms with Crippen molar-refractivity contribution in [3.63, 3.8) is 0 Å². The van der Waals surface area contributed by atoms with Gasteiger partial charge < -0.3 is 10.2 Å². The van der Waals surface area contributed by atoms with Gasteiger partial charge in [-0.15, -0.1) is 0 Å². The molecule has 0 aromatic rings. The fourth-order valence-corrected chi connectivity index (χ4v) is 1.68. The molecule has 0 aromatic carbocycles. The van der Waals surface area contributed by atoms with Crippen molar-refractivity contribution >= 4 is 5.91 Å². The van der Waals surface area contributed by atoms with Crippen LogP contribution < -0.4 is 5.32 Å². The van der Waals surface area contributed by atoms with E-state index < -0.39 is 0 Å². The Labute approximate surface area is 80.5 Å². The Hall–Kier alpha value is -0.570. The summed E-state index contributed by atoms with van der Waals surface area (Å²) in [4.78, 5) is 13.0. The van der Waals surface area contributed by atoms with Gasteiger partial charge in [-0.3, -0.25) is 4.79 Å². The van der Waals surface area contributed by atoms with Gasteiger partial charge in [-0.2, -0.15) is 0 Å². The SMILES string of the molecule is CC(=O)NCCN1CCC(C)CC1. The number of rotatable bonds is 3. The van der Waals surface area contributed by atoms with Gasteiger partial charge in [0.05, 0.1) is 0 Å². The van der Waals surface area contributed by atoms with E-state index in [-0.39, 0.29) is 5.91 Å². The Morgan fingerprint density at radius 2 is 2.08 bits per heavy atom. The normalized spacial score (nSPS) is 20.2. The summed E-state index contributed by atoms with van der Waals surface area (Å²) in [5.74, 6) is 0.961. The van der Waals surface area contributed by atoms with E-state index >= 15 is 0 Å². The number of carbonyl (C=O) groups is 1. The van der Waals surface area contributed by atoms with Gasteiger partial charge in [-0.05, 0) is 31.8 Å². The van der Waals surface area contributed by atoms with Crippen molar-refractivity contribution in [3.8, 4) is 0 Å². The second-order valence-electron chi connectivity index (χ2n) is 4.01. The summed E-state index contributed by atoms with van der Waals surface area (Å²) in [7, 11) is 0. The highest BCUT2D eigenvalue weighted by Gasteiger charge is 2.14. The lowest BCUT2D eigenvalue weighted by molar-refractivity contribution is -0.119. The lowest BCUT2D eigenvalue weighted by Crippen LogP contribution is -2.38. The van der Waals surface area contributed by atoms with E-state index in [9.17, 15) is 4.79 Å². The molecular formula is C10H20N2O. The second kappa shape index (κ2) is 5.22. The first-order chi connectivity index (χ1) is 6.18. The molecule has 0 saturated carbocycles. The average molecular weight is 184 g/mol. The molecule has 1 rings (SSSR count). The highest BCUT2D eigenvalue weighted by molar-refractivity contribution is 5.72. The number of nitrogens with zero attached hydrogens (tertiary/aromatic N) is 1. The maximum Gasteiger partial charge on any atom is 0.216 e. The maximum absolute atomic E-state index is 10.6. The van der Waals surface area contributed by atoms with Crippen LogP contribution in [-0.4, -0.2) is 37.0 Å². The molecule has 76 valence electrons. The van der Waals surface area contributed by atoms with Crippen molar-refractivity contribution in [1.82, 2.24) is 10.2 Å². The molecule has 13 heavy (non-hydrogen) atoms. The number of hydrogen-bond acceptors (Lipinski definition) is 2. The van der Waals surface area contributed by atoms with E-state index in [0.717, 1.165) is 19.0 Å². The van der Waals surface area contributed by atoms with Gasteiger partial charge in [0.2, 0.25) is 5.91 Å². The third-order valence-electron chi connectivity index (χ3n) is 2.68. The lowest BCUT2D eigenvalue weighted by atomic mass is 9.99. The third-order valence-corrected chi connectivity index (χ3v) is 2.68. The molecule has 1 saturated heterocycles. The summed E-state index contributed by atoms with van der Waals surface area (Å²) in [5.41, 5.74) is 0. The van der Waals surface area contributed by atoms with Crippen molar-refractivity contribution in [1.29, 1.82) is 0 Å². The van der Waals surface area contributed by atoms with Crippen LogP contribution in [0.4, 0.5) is 0 Å². The molecule has 0 spiro atoms. The maximum atomic E-state index is 10.6. The minimum atomic E-state index is 0.0744. The molecular weight excluding hydrogens is 164 g/mol. The lowest BCUT2D eigenvalue weighted by Gasteiger charge is -2.29. The molecule has 1 N–H and O–H groups in total. The van der Waals surface area contributed by atoms with Gasteiger partial charge in [0, 0.05) is 20.0 Å². The van der Waals surface area contributed by atoms with Crippen LogP contribution in [0.5, 0.6) is 0 Å². The summed E-state index contributed by atoms with van der Waals surface area (Å²) >= 11 is 0. The predicted octanol–water partition coefficient (Wildman–Crippen LogP) is 0.854. The molecule has 1 aliphatic heterocycles. The Morgan fingerprint density at radius 3 is 2.62 bits per heavy atom. The second-order valence-corrected chi connectivity index (χ2v) is 4.01. The van der Waals surface area contributed by atoms with Crippen molar-refractivity contribution in [2.75, 3.05) is 26.2 Å². The first kappa shape index (κ1) is 10.5. The molecule has 1 aliphatic rings. The Morgan fingerprint density at radius 1 is 1.46 bits per heavy atom. The number of carbonyl (C=O) groups excluding carboxylic acids is 1. The van der Waals surface area contributed by atoms with Gasteiger partial charge in [0.25, 0.3) is 0 Å². The number of nitrogens with one attached hydrogen (secondary N) is 1. The van der Waals surface area contributed by atoms with Crippen LogP contribution in [-0.2, 0) is 4.79 Å². The van der Waals surface area contributed by atoms with Crippen LogP contribution in [0.2, 0.25) is 0 Å². The van der Waals surface area contributed by atoms with Crippen LogP contribution in [0, 0.1) is 5.92 Å². The summed E-state index contributed by atoms with van der Waals surface area (Å²) in [6, 6.07) is 0. The predicted molar refractivity (Wildman–Crippen MR) is 53.5 cm³/mol. The smallest absolute Gasteiger partial charge is 0.216 e. The van der Waals surface area contributed by atoms with E-state index in [1.165, 1.54) is 25.9 Å². The average Bonchev–Trinajstić information content (AvgIpc) is 2.08. The number of likely N-dealkylation sites (tertiary alicyclic amines) is 1. The van der Waals surface area contributed by atoms with Crippen molar-refractivity contribution in [3.05, 3.63) is 0 Å². The summed E-state index contributed by atoms with van der Waals surface area (Å²) in [6.07, 6.45) is 2.61. The monoisotopic (exact) mass is 184 g/mol. The quantitative estimate of drug-likeness (QED) is 0.705. The molecule has 0 atom stereocenters. The van der Waals surface area contributed by atoms with Crippen molar-refractivity contribution in [2.45, 2.75) is 26.7 Å². The zero-order chi connectivity index (χ0) is 9.68. The summed E-state index contributed by atoms with van der Waals surface area (Å²) in [5, 5.41) is 2.82. The standard InChI is InChI=1S/C10H20N2O/c1-9-3-6-12(7-4-9)8-5-11-10(2)13/h9H,3-8H2,1-2H3,(H,11,13). The zero-order valence-electron chi connectivity index (χ0n) is 8.68. The molecule has 0 unspecified atom stereocenters. The highest BCUT2D eigenvalue weighted by Crippen LogP contribution is 2.14. The first-order valence-corrected chi connectivity index (χ1v) is 5.15. The molecule has 1 amide bonds. The van der Waals surface area contributed by atoms with Crippen molar-refractivity contribution in [2.24, 2.45) is 5.92 Å². The minimum absolute atomic E-state index is 0.0744. The Bertz CT molecular complexity index is 162. The van der Waals surface area contributed by atoms with Crippen LogP contribution in [0.1, 0.15) is 26.7 Å². The largest absolute Gasteiger partial charge is 0.355 e. The summed E-state index contributed by atoms with van der Waals surface area (Å²) < 4.78 is 0. The highest BCUT2D eigenvalue weighted by atomic mass is 16.1. The van der Waals surface area contributed by atoms with E-state index in [2.05, 4.69) is 17.1 Å². The van der Waals surface area contributed by atoms with Crippen LogP contribution in [0.15, 0.2) is 0 Å². The molecule has 0 bridgehead atoms. The zero-order valence-corrected chi connectivity index (χ0v) is 8.68. The fourth-order valence-electron chi connectivity index (χ4n) is 1.68. The van der Waals surface area contributed by atoms with E-state index in [4.69, 9.17) is 0 Å². The van der Waals surface area contributed by atoms with Gasteiger partial charge in [0.1, 0.15) is 0 Å². The molecule has 0 aromatic heterocycles. The van der Waals surface area contributed by atoms with E-state index in [1.54, 1.807) is 6.92 Å². The molecule has 1 heterocycles. The van der Waals surface area contributed by atoms with Gasteiger partial charge in [-0.25, -0.2) is 0 Å². The molecule has 3 heteroatoms. The summed E-state index contributed by atoms with van der Waals surface area (Å²) in [6.45, 7) is 8.07. The number of hydrogen-bond donors (Lipinski definition) is 1. The topological polar surface area (TPSA) is 32.3 Å². The van der Waals surface area contributed by atoms with E-state index in [0.29, 0.717) is 0 Å². The van der Waals surface area contributed by atoms with Crippen LogP contribution in [0.25, 0.3) is 0 Å².